The van der Waals surface area contributed by atoms with E-state index in [1.807, 2.05) is 42.5 Å². The SMILES string of the molecule is OCCOc1ccc(-c2cccc3n[nH]nc23)cc1. The molecule has 1 aromatic heterocycles. The number of ether oxygens (including phenoxy) is 1. The summed E-state index contributed by atoms with van der Waals surface area (Å²) in [7, 11) is 0. The number of rotatable bonds is 4. The second-order valence-corrected chi connectivity index (χ2v) is 4.09. The molecule has 1 heterocycles. The normalized spacial score (nSPS) is 10.8. The Kier molecular flexibility index (Phi) is 3.12. The van der Waals surface area contributed by atoms with Gasteiger partial charge in [-0.15, -0.1) is 0 Å². The highest BCUT2D eigenvalue weighted by atomic mass is 16.5. The Morgan fingerprint density at radius 1 is 1.05 bits per heavy atom. The van der Waals surface area contributed by atoms with Crippen molar-refractivity contribution in [2.75, 3.05) is 13.2 Å². The van der Waals surface area contributed by atoms with Crippen molar-refractivity contribution >= 4 is 11.0 Å². The first kappa shape index (κ1) is 11.7. The van der Waals surface area contributed by atoms with Crippen molar-refractivity contribution in [3.8, 4) is 16.9 Å². The summed E-state index contributed by atoms with van der Waals surface area (Å²) in [4.78, 5) is 0. The summed E-state index contributed by atoms with van der Waals surface area (Å²) in [5, 5.41) is 19.6. The fraction of sp³-hybridized carbons (Fsp3) is 0.143. The zero-order valence-electron chi connectivity index (χ0n) is 10.2. The Balaban J connectivity index is 1.95. The third-order valence-electron chi connectivity index (χ3n) is 2.87. The van der Waals surface area contributed by atoms with Crippen LogP contribution in [-0.2, 0) is 0 Å². The molecule has 0 spiro atoms. The maximum Gasteiger partial charge on any atom is 0.120 e. The zero-order valence-corrected chi connectivity index (χ0v) is 10.2. The van der Waals surface area contributed by atoms with E-state index in [9.17, 15) is 0 Å². The van der Waals surface area contributed by atoms with Gasteiger partial charge in [-0.3, -0.25) is 0 Å². The number of nitrogens with one attached hydrogen (secondary N) is 1. The van der Waals surface area contributed by atoms with Crippen LogP contribution < -0.4 is 4.74 Å². The van der Waals surface area contributed by atoms with Gasteiger partial charge in [-0.05, 0) is 23.8 Å². The number of H-pyrrole nitrogens is 1. The Hall–Kier alpha value is -2.40. The molecule has 5 nitrogen and oxygen atoms in total. The van der Waals surface area contributed by atoms with Crippen molar-refractivity contribution in [1.82, 2.24) is 15.4 Å². The number of benzene rings is 2. The average molecular weight is 255 g/mol. The molecule has 19 heavy (non-hydrogen) atoms. The number of hydrogen-bond donors (Lipinski definition) is 2. The molecule has 0 aliphatic carbocycles. The zero-order chi connectivity index (χ0) is 13.1. The molecule has 3 rings (SSSR count). The number of hydrogen-bond acceptors (Lipinski definition) is 4. The van der Waals surface area contributed by atoms with Gasteiger partial charge in [-0.25, -0.2) is 0 Å². The smallest absolute Gasteiger partial charge is 0.120 e. The molecule has 5 heteroatoms. The van der Waals surface area contributed by atoms with Gasteiger partial charge < -0.3 is 9.84 Å². The molecule has 0 radical (unpaired) electrons. The van der Waals surface area contributed by atoms with E-state index >= 15 is 0 Å². The summed E-state index contributed by atoms with van der Waals surface area (Å²) in [5.74, 6) is 0.741. The fourth-order valence-electron chi connectivity index (χ4n) is 2.00. The predicted octanol–water partition coefficient (Wildman–Crippen LogP) is 2.00. The highest BCUT2D eigenvalue weighted by molar-refractivity contribution is 5.91. The monoisotopic (exact) mass is 255 g/mol. The molecule has 2 N–H and O–H groups in total. The fourth-order valence-corrected chi connectivity index (χ4v) is 2.00. The van der Waals surface area contributed by atoms with Crippen LogP contribution >= 0.6 is 0 Å². The van der Waals surface area contributed by atoms with E-state index in [-0.39, 0.29) is 6.61 Å². The van der Waals surface area contributed by atoms with Gasteiger partial charge in [-0.2, -0.15) is 15.4 Å². The molecular weight excluding hydrogens is 242 g/mol. The molecule has 2 aromatic carbocycles. The molecular formula is C14H13N3O2. The van der Waals surface area contributed by atoms with Crippen molar-refractivity contribution in [2.24, 2.45) is 0 Å². The Labute approximate surface area is 109 Å². The number of nitrogens with zero attached hydrogens (tertiary/aromatic N) is 2. The lowest BCUT2D eigenvalue weighted by atomic mass is 10.0. The first-order valence-electron chi connectivity index (χ1n) is 6.02. The number of aromatic amines is 1. The van der Waals surface area contributed by atoms with E-state index in [0.717, 1.165) is 27.9 Å². The second-order valence-electron chi connectivity index (χ2n) is 4.09. The molecule has 96 valence electrons. The van der Waals surface area contributed by atoms with Crippen LogP contribution in [0.4, 0.5) is 0 Å². The number of aliphatic hydroxyl groups is 1. The Bertz CT molecular complexity index is 676. The molecule has 0 unspecified atom stereocenters. The second kappa shape index (κ2) is 5.07. The van der Waals surface area contributed by atoms with E-state index < -0.39 is 0 Å². The van der Waals surface area contributed by atoms with Crippen LogP contribution in [0.25, 0.3) is 22.2 Å². The molecule has 3 aromatic rings. The van der Waals surface area contributed by atoms with Crippen LogP contribution in [0.2, 0.25) is 0 Å². The number of para-hydroxylation sites is 1. The third-order valence-corrected chi connectivity index (χ3v) is 2.87. The minimum atomic E-state index is 0.0139. The van der Waals surface area contributed by atoms with Gasteiger partial charge in [-0.1, -0.05) is 24.3 Å². The van der Waals surface area contributed by atoms with Gasteiger partial charge in [0.1, 0.15) is 23.4 Å². The first-order chi connectivity index (χ1) is 9.38. The quantitative estimate of drug-likeness (QED) is 0.748. The van der Waals surface area contributed by atoms with E-state index in [4.69, 9.17) is 9.84 Å². The molecule has 0 saturated carbocycles. The average Bonchev–Trinajstić information content (AvgIpc) is 2.94. The summed E-state index contributed by atoms with van der Waals surface area (Å²) >= 11 is 0. The number of aromatic nitrogens is 3. The molecule has 0 amide bonds. The third kappa shape index (κ3) is 2.28. The minimum absolute atomic E-state index is 0.0139. The van der Waals surface area contributed by atoms with Gasteiger partial charge in [0, 0.05) is 5.56 Å². The summed E-state index contributed by atoms with van der Waals surface area (Å²) in [5.41, 5.74) is 3.78. The van der Waals surface area contributed by atoms with E-state index in [0.29, 0.717) is 6.61 Å². The van der Waals surface area contributed by atoms with Crippen molar-refractivity contribution in [3.05, 3.63) is 42.5 Å². The summed E-state index contributed by atoms with van der Waals surface area (Å²) < 4.78 is 5.33. The summed E-state index contributed by atoms with van der Waals surface area (Å²) in [6, 6.07) is 13.6. The van der Waals surface area contributed by atoms with Gasteiger partial charge in [0.15, 0.2) is 0 Å². The molecule has 0 fully saturated rings. The van der Waals surface area contributed by atoms with Gasteiger partial charge in [0.05, 0.1) is 6.61 Å². The van der Waals surface area contributed by atoms with E-state index in [1.165, 1.54) is 0 Å². The van der Waals surface area contributed by atoms with Gasteiger partial charge in [0.25, 0.3) is 0 Å². The van der Waals surface area contributed by atoms with Crippen LogP contribution in [0.3, 0.4) is 0 Å². The van der Waals surface area contributed by atoms with E-state index in [1.54, 1.807) is 0 Å². The number of fused-ring (bicyclic) bond motifs is 1. The Morgan fingerprint density at radius 2 is 1.89 bits per heavy atom. The lowest BCUT2D eigenvalue weighted by Gasteiger charge is -2.06. The van der Waals surface area contributed by atoms with Crippen LogP contribution in [-0.4, -0.2) is 33.7 Å². The highest BCUT2D eigenvalue weighted by Gasteiger charge is 2.06. The standard InChI is InChI=1S/C14H13N3O2/c18-8-9-19-11-6-4-10(5-7-11)12-2-1-3-13-14(12)16-17-15-13/h1-7,18H,8-9H2,(H,15,16,17). The Morgan fingerprint density at radius 3 is 2.68 bits per heavy atom. The van der Waals surface area contributed by atoms with Crippen molar-refractivity contribution in [2.45, 2.75) is 0 Å². The van der Waals surface area contributed by atoms with Crippen LogP contribution in [0.15, 0.2) is 42.5 Å². The van der Waals surface area contributed by atoms with Crippen molar-refractivity contribution in [3.63, 3.8) is 0 Å². The van der Waals surface area contributed by atoms with Crippen LogP contribution in [0.1, 0.15) is 0 Å². The highest BCUT2D eigenvalue weighted by Crippen LogP contribution is 2.27. The number of aliphatic hydroxyl groups excluding tert-OH is 1. The minimum Gasteiger partial charge on any atom is -0.491 e. The maximum absolute atomic E-state index is 8.71. The van der Waals surface area contributed by atoms with E-state index in [2.05, 4.69) is 15.4 Å². The van der Waals surface area contributed by atoms with Crippen LogP contribution in [0, 0.1) is 0 Å². The molecule has 0 aliphatic heterocycles. The van der Waals surface area contributed by atoms with Gasteiger partial charge in [0.2, 0.25) is 0 Å². The first-order valence-corrected chi connectivity index (χ1v) is 6.02. The molecule has 0 atom stereocenters. The largest absolute Gasteiger partial charge is 0.491 e. The molecule has 0 aliphatic rings. The van der Waals surface area contributed by atoms with Crippen LogP contribution in [0.5, 0.6) is 5.75 Å². The topological polar surface area (TPSA) is 71.0 Å². The van der Waals surface area contributed by atoms with Gasteiger partial charge >= 0.3 is 0 Å². The van der Waals surface area contributed by atoms with Crippen molar-refractivity contribution in [1.29, 1.82) is 0 Å². The lowest BCUT2D eigenvalue weighted by Crippen LogP contribution is -2.01. The summed E-state index contributed by atoms with van der Waals surface area (Å²) in [6.45, 7) is 0.318. The van der Waals surface area contributed by atoms with Crippen molar-refractivity contribution < 1.29 is 9.84 Å². The summed E-state index contributed by atoms with van der Waals surface area (Å²) in [6.07, 6.45) is 0. The predicted molar refractivity (Wildman–Crippen MR) is 71.9 cm³/mol. The maximum atomic E-state index is 8.71. The molecule has 0 bridgehead atoms. The lowest BCUT2D eigenvalue weighted by molar-refractivity contribution is 0.201. The molecule has 0 saturated heterocycles.